The molecule has 0 aromatic heterocycles. The Morgan fingerprint density at radius 3 is 1.83 bits per heavy atom. The molecule has 272 valence electrons. The zero-order valence-corrected chi connectivity index (χ0v) is 27.6. The van der Waals surface area contributed by atoms with Crippen molar-refractivity contribution in [3.63, 3.8) is 0 Å². The Balaban J connectivity index is 1.68. The smallest absolute Gasteiger partial charge is 0.302 e. The summed E-state index contributed by atoms with van der Waals surface area (Å²) in [6.07, 6.45) is -0.503. The Morgan fingerprint density at radius 2 is 1.26 bits per heavy atom. The Kier molecular flexibility index (Phi) is 20.9. The summed E-state index contributed by atoms with van der Waals surface area (Å²) in [5.41, 5.74) is 0. The Morgan fingerprint density at radius 1 is 0.696 bits per heavy atom. The first-order valence-electron chi connectivity index (χ1n) is 17.1. The van der Waals surface area contributed by atoms with E-state index < -0.39 is 86.7 Å². The van der Waals surface area contributed by atoms with E-state index in [9.17, 15) is 40.5 Å². The maximum atomic E-state index is 11.2. The van der Waals surface area contributed by atoms with Crippen molar-refractivity contribution >= 4 is 5.97 Å². The number of ether oxygens (including phenoxy) is 6. The highest BCUT2D eigenvalue weighted by Crippen LogP contribution is 2.30. The molecule has 14 heteroatoms. The molecule has 0 radical (unpaired) electrons. The van der Waals surface area contributed by atoms with Gasteiger partial charge in [-0.25, -0.2) is 0 Å². The van der Waals surface area contributed by atoms with Crippen molar-refractivity contribution in [3.8, 4) is 0 Å². The van der Waals surface area contributed by atoms with Crippen molar-refractivity contribution in [1.82, 2.24) is 0 Å². The van der Waals surface area contributed by atoms with E-state index in [4.69, 9.17) is 28.4 Å². The van der Waals surface area contributed by atoms with E-state index in [-0.39, 0.29) is 13.2 Å². The van der Waals surface area contributed by atoms with Gasteiger partial charge in [-0.15, -0.1) is 0 Å². The standard InChI is InChI=1S/C32H60O14/c1-3-4-5-6-7-8-9-10-11-12-13-14-15-16-41-18-22(35)19-43-31-29(40)30(26(37)23(17-33)44-31)46-32-28(39)27(38)25(36)24(45-32)20-42-21(2)34/h22-33,35-40H,3-20H2,1-2H3/t22?,23-,24-,25-,26-,27+,28-,29+,30+,31+,32-/m1/s1. The molecule has 1 unspecified atom stereocenters. The lowest BCUT2D eigenvalue weighted by atomic mass is 9.97. The van der Waals surface area contributed by atoms with Gasteiger partial charge < -0.3 is 64.2 Å². The molecule has 2 saturated heterocycles. The van der Waals surface area contributed by atoms with Gasteiger partial charge in [0, 0.05) is 13.5 Å². The Hall–Kier alpha value is -1.01. The fraction of sp³-hybridized carbons (Fsp3) is 0.969. The normalized spacial score (nSPS) is 32.4. The van der Waals surface area contributed by atoms with Crippen LogP contribution in [-0.4, -0.2) is 142 Å². The lowest BCUT2D eigenvalue weighted by Gasteiger charge is -2.46. The molecule has 46 heavy (non-hydrogen) atoms. The zero-order chi connectivity index (χ0) is 33.9. The van der Waals surface area contributed by atoms with Gasteiger partial charge in [0.15, 0.2) is 12.6 Å². The summed E-state index contributed by atoms with van der Waals surface area (Å²) >= 11 is 0. The maximum absolute atomic E-state index is 11.2. The molecule has 0 aromatic rings. The predicted octanol–water partition coefficient (Wildman–Crippen LogP) is 0.667. The van der Waals surface area contributed by atoms with Gasteiger partial charge in [0.25, 0.3) is 0 Å². The Labute approximate surface area is 272 Å². The van der Waals surface area contributed by atoms with Gasteiger partial charge in [0.05, 0.1) is 19.8 Å². The largest absolute Gasteiger partial charge is 0.463 e. The van der Waals surface area contributed by atoms with E-state index >= 15 is 0 Å². The molecule has 0 bridgehead atoms. The molecule has 0 spiro atoms. The number of aliphatic hydroxyl groups excluding tert-OH is 7. The van der Waals surface area contributed by atoms with Gasteiger partial charge in [-0.1, -0.05) is 84.0 Å². The highest BCUT2D eigenvalue weighted by molar-refractivity contribution is 5.65. The number of hydrogen-bond donors (Lipinski definition) is 7. The average Bonchev–Trinajstić information content (AvgIpc) is 3.03. The van der Waals surface area contributed by atoms with Gasteiger partial charge in [-0.2, -0.15) is 0 Å². The zero-order valence-electron chi connectivity index (χ0n) is 27.6. The number of unbranched alkanes of at least 4 members (excludes halogenated alkanes) is 12. The van der Waals surface area contributed by atoms with Crippen molar-refractivity contribution < 1.29 is 69.0 Å². The molecular formula is C32H60O14. The minimum Gasteiger partial charge on any atom is -0.463 e. The van der Waals surface area contributed by atoms with Crippen LogP contribution in [0.2, 0.25) is 0 Å². The number of esters is 1. The molecule has 0 saturated carbocycles. The molecule has 2 rings (SSSR count). The van der Waals surface area contributed by atoms with Crippen LogP contribution in [0.1, 0.15) is 97.3 Å². The second kappa shape index (κ2) is 23.4. The van der Waals surface area contributed by atoms with Crippen LogP contribution in [0.3, 0.4) is 0 Å². The second-order valence-electron chi connectivity index (χ2n) is 12.4. The summed E-state index contributed by atoms with van der Waals surface area (Å²) in [5, 5.41) is 72.4. The van der Waals surface area contributed by atoms with E-state index in [0.717, 1.165) is 26.2 Å². The third-order valence-electron chi connectivity index (χ3n) is 8.39. The van der Waals surface area contributed by atoms with Crippen LogP contribution < -0.4 is 0 Å². The first-order chi connectivity index (χ1) is 22.1. The van der Waals surface area contributed by atoms with Crippen LogP contribution in [-0.2, 0) is 33.2 Å². The molecule has 2 aliphatic heterocycles. The third-order valence-corrected chi connectivity index (χ3v) is 8.39. The number of rotatable bonds is 24. The molecule has 7 N–H and O–H groups in total. The van der Waals surface area contributed by atoms with Crippen molar-refractivity contribution in [2.24, 2.45) is 0 Å². The van der Waals surface area contributed by atoms with Gasteiger partial charge >= 0.3 is 5.97 Å². The summed E-state index contributed by atoms with van der Waals surface area (Å²) in [4.78, 5) is 11.2. The van der Waals surface area contributed by atoms with E-state index in [1.54, 1.807) is 0 Å². The molecule has 0 aliphatic carbocycles. The molecule has 2 aliphatic rings. The van der Waals surface area contributed by atoms with Crippen LogP contribution in [0.25, 0.3) is 0 Å². The summed E-state index contributed by atoms with van der Waals surface area (Å²) in [7, 11) is 0. The molecule has 14 nitrogen and oxygen atoms in total. The van der Waals surface area contributed by atoms with Crippen LogP contribution in [0.4, 0.5) is 0 Å². The SMILES string of the molecule is CCCCCCCCCCCCCCCOCC(O)CO[C@H]1O[C@H](CO)[C@@H](O)[C@H](O[C@H]2O[C@H](COC(C)=O)[C@@H](O)[C@H](O)[C@H]2O)[C@@H]1O. The molecule has 11 atom stereocenters. The lowest BCUT2D eigenvalue weighted by molar-refractivity contribution is -0.361. The minimum atomic E-state index is -1.80. The van der Waals surface area contributed by atoms with Crippen molar-refractivity contribution in [2.45, 2.75) is 165 Å². The van der Waals surface area contributed by atoms with Gasteiger partial charge in [-0.3, -0.25) is 4.79 Å². The lowest BCUT2D eigenvalue weighted by Crippen LogP contribution is -2.65. The highest BCUT2D eigenvalue weighted by Gasteiger charge is 2.51. The second-order valence-corrected chi connectivity index (χ2v) is 12.4. The number of carbonyl (C=O) groups excluding carboxylic acids is 1. The summed E-state index contributed by atoms with van der Waals surface area (Å²) in [6.45, 7) is 2.45. The summed E-state index contributed by atoms with van der Waals surface area (Å²) in [5.74, 6) is -0.665. The van der Waals surface area contributed by atoms with Crippen LogP contribution in [0, 0.1) is 0 Å². The number of carbonyl (C=O) groups is 1. The summed E-state index contributed by atoms with van der Waals surface area (Å²) in [6, 6.07) is 0. The molecule has 2 fully saturated rings. The predicted molar refractivity (Wildman–Crippen MR) is 164 cm³/mol. The fourth-order valence-electron chi connectivity index (χ4n) is 5.57. The molecule has 0 amide bonds. The van der Waals surface area contributed by atoms with Crippen molar-refractivity contribution in [2.75, 3.05) is 33.0 Å². The monoisotopic (exact) mass is 668 g/mol. The van der Waals surface area contributed by atoms with Gasteiger partial charge in [-0.05, 0) is 6.42 Å². The van der Waals surface area contributed by atoms with E-state index in [1.807, 2.05) is 0 Å². The molecule has 0 aromatic carbocycles. The molecule has 2 heterocycles. The first-order valence-corrected chi connectivity index (χ1v) is 17.1. The quantitative estimate of drug-likeness (QED) is 0.0556. The topological polar surface area (TPSA) is 214 Å². The summed E-state index contributed by atoms with van der Waals surface area (Å²) < 4.78 is 32.5. The van der Waals surface area contributed by atoms with Crippen LogP contribution in [0.15, 0.2) is 0 Å². The maximum Gasteiger partial charge on any atom is 0.302 e. The van der Waals surface area contributed by atoms with E-state index in [1.165, 1.54) is 64.2 Å². The number of hydrogen-bond acceptors (Lipinski definition) is 14. The van der Waals surface area contributed by atoms with E-state index in [2.05, 4.69) is 6.92 Å². The minimum absolute atomic E-state index is 0.000896. The van der Waals surface area contributed by atoms with Gasteiger partial charge in [0.1, 0.15) is 61.5 Å². The van der Waals surface area contributed by atoms with Crippen LogP contribution >= 0.6 is 0 Å². The Bertz CT molecular complexity index is 790. The van der Waals surface area contributed by atoms with Gasteiger partial charge in [0.2, 0.25) is 0 Å². The number of aliphatic hydroxyl groups is 7. The fourth-order valence-corrected chi connectivity index (χ4v) is 5.57. The molecular weight excluding hydrogens is 608 g/mol. The van der Waals surface area contributed by atoms with Crippen molar-refractivity contribution in [3.05, 3.63) is 0 Å². The van der Waals surface area contributed by atoms with Crippen molar-refractivity contribution in [1.29, 1.82) is 0 Å². The van der Waals surface area contributed by atoms with E-state index in [0.29, 0.717) is 6.61 Å². The first kappa shape index (κ1) is 41.2. The third kappa shape index (κ3) is 14.6. The van der Waals surface area contributed by atoms with Crippen LogP contribution in [0.5, 0.6) is 0 Å². The average molecular weight is 669 g/mol. The highest BCUT2D eigenvalue weighted by atomic mass is 16.7.